The molecule has 21 heavy (non-hydrogen) atoms. The number of benzene rings is 1. The molecule has 0 saturated heterocycles. The SMILES string of the molecule is Cc1cc(OC2CC(C(C)C)CCC2O)ccc1C(C)C. The number of aliphatic hydroxyl groups is 1. The molecule has 3 unspecified atom stereocenters. The number of hydrogen-bond donors (Lipinski definition) is 1. The molecule has 0 aromatic heterocycles. The van der Waals surface area contributed by atoms with Gasteiger partial charge in [-0.25, -0.2) is 0 Å². The monoisotopic (exact) mass is 290 g/mol. The van der Waals surface area contributed by atoms with Crippen molar-refractivity contribution in [1.29, 1.82) is 0 Å². The van der Waals surface area contributed by atoms with Gasteiger partial charge in [0.1, 0.15) is 11.9 Å². The molecule has 1 saturated carbocycles. The van der Waals surface area contributed by atoms with E-state index in [1.807, 2.05) is 6.07 Å². The fraction of sp³-hybridized carbons (Fsp3) is 0.684. The summed E-state index contributed by atoms with van der Waals surface area (Å²) < 4.78 is 6.11. The van der Waals surface area contributed by atoms with E-state index >= 15 is 0 Å². The van der Waals surface area contributed by atoms with Gasteiger partial charge in [-0.3, -0.25) is 0 Å². The van der Waals surface area contributed by atoms with Gasteiger partial charge >= 0.3 is 0 Å². The Morgan fingerprint density at radius 3 is 2.43 bits per heavy atom. The third-order valence-corrected chi connectivity index (χ3v) is 4.89. The smallest absolute Gasteiger partial charge is 0.125 e. The Morgan fingerprint density at radius 2 is 1.86 bits per heavy atom. The summed E-state index contributed by atoms with van der Waals surface area (Å²) >= 11 is 0. The predicted octanol–water partition coefficient (Wildman–Crippen LogP) is 4.68. The third-order valence-electron chi connectivity index (χ3n) is 4.89. The van der Waals surface area contributed by atoms with Crippen molar-refractivity contribution < 1.29 is 9.84 Å². The number of aliphatic hydroxyl groups excluding tert-OH is 1. The highest BCUT2D eigenvalue weighted by atomic mass is 16.5. The highest BCUT2D eigenvalue weighted by molar-refractivity contribution is 5.36. The van der Waals surface area contributed by atoms with E-state index in [0.717, 1.165) is 25.0 Å². The Morgan fingerprint density at radius 1 is 1.14 bits per heavy atom. The Labute approximate surface area is 129 Å². The largest absolute Gasteiger partial charge is 0.488 e. The minimum Gasteiger partial charge on any atom is -0.488 e. The lowest BCUT2D eigenvalue weighted by molar-refractivity contribution is -0.0177. The quantitative estimate of drug-likeness (QED) is 0.872. The van der Waals surface area contributed by atoms with Crippen molar-refractivity contribution in [2.24, 2.45) is 11.8 Å². The van der Waals surface area contributed by atoms with Crippen LogP contribution in [0.4, 0.5) is 0 Å². The first-order chi connectivity index (χ1) is 9.88. The van der Waals surface area contributed by atoms with Crippen LogP contribution in [0.3, 0.4) is 0 Å². The molecule has 1 fully saturated rings. The first-order valence-corrected chi connectivity index (χ1v) is 8.33. The van der Waals surface area contributed by atoms with Gasteiger partial charge in [-0.15, -0.1) is 0 Å². The summed E-state index contributed by atoms with van der Waals surface area (Å²) in [6.07, 6.45) is 2.55. The Bertz CT molecular complexity index is 465. The molecule has 2 nitrogen and oxygen atoms in total. The number of hydrogen-bond acceptors (Lipinski definition) is 2. The van der Waals surface area contributed by atoms with Gasteiger partial charge in [-0.2, -0.15) is 0 Å². The molecule has 0 amide bonds. The average Bonchev–Trinajstić information content (AvgIpc) is 2.40. The van der Waals surface area contributed by atoms with Crippen molar-refractivity contribution in [3.8, 4) is 5.75 Å². The minimum atomic E-state index is -0.329. The van der Waals surface area contributed by atoms with E-state index in [1.54, 1.807) is 0 Å². The molecule has 1 aromatic carbocycles. The average molecular weight is 290 g/mol. The molecule has 1 aliphatic rings. The van der Waals surface area contributed by atoms with Crippen molar-refractivity contribution in [2.45, 2.75) is 72.0 Å². The van der Waals surface area contributed by atoms with Crippen LogP contribution in [0.5, 0.6) is 5.75 Å². The molecule has 0 radical (unpaired) electrons. The van der Waals surface area contributed by atoms with Crippen molar-refractivity contribution in [1.82, 2.24) is 0 Å². The van der Waals surface area contributed by atoms with E-state index < -0.39 is 0 Å². The molecular weight excluding hydrogens is 260 g/mol. The minimum absolute atomic E-state index is 0.0598. The van der Waals surface area contributed by atoms with Crippen LogP contribution in [-0.2, 0) is 0 Å². The van der Waals surface area contributed by atoms with E-state index in [4.69, 9.17) is 4.74 Å². The van der Waals surface area contributed by atoms with Crippen LogP contribution in [-0.4, -0.2) is 17.3 Å². The maximum atomic E-state index is 10.2. The number of rotatable bonds is 4. The number of aryl methyl sites for hydroxylation is 1. The second kappa shape index (κ2) is 6.83. The lowest BCUT2D eigenvalue weighted by atomic mass is 9.79. The molecule has 0 aliphatic heterocycles. The van der Waals surface area contributed by atoms with Gasteiger partial charge in [0.25, 0.3) is 0 Å². The maximum absolute atomic E-state index is 10.2. The summed E-state index contributed by atoms with van der Waals surface area (Å²) in [5, 5.41) is 10.2. The lowest BCUT2D eigenvalue weighted by Gasteiger charge is -2.35. The van der Waals surface area contributed by atoms with Crippen molar-refractivity contribution >= 4 is 0 Å². The second-order valence-corrected chi connectivity index (χ2v) is 7.21. The van der Waals surface area contributed by atoms with Crippen LogP contribution in [0, 0.1) is 18.8 Å². The van der Waals surface area contributed by atoms with Gasteiger partial charge in [0.15, 0.2) is 0 Å². The van der Waals surface area contributed by atoms with Gasteiger partial charge in [0.05, 0.1) is 6.10 Å². The second-order valence-electron chi connectivity index (χ2n) is 7.21. The molecular formula is C19H30O2. The van der Waals surface area contributed by atoms with E-state index in [1.165, 1.54) is 11.1 Å². The van der Waals surface area contributed by atoms with E-state index in [0.29, 0.717) is 17.8 Å². The van der Waals surface area contributed by atoms with Crippen LogP contribution < -0.4 is 4.74 Å². The van der Waals surface area contributed by atoms with Gasteiger partial charge in [-0.1, -0.05) is 33.8 Å². The van der Waals surface area contributed by atoms with Gasteiger partial charge in [-0.05, 0) is 67.2 Å². The molecule has 1 aliphatic carbocycles. The normalized spacial score (nSPS) is 26.4. The zero-order valence-corrected chi connectivity index (χ0v) is 14.1. The van der Waals surface area contributed by atoms with Crippen molar-refractivity contribution in [3.05, 3.63) is 29.3 Å². The zero-order valence-electron chi connectivity index (χ0n) is 14.1. The Hall–Kier alpha value is -1.02. The van der Waals surface area contributed by atoms with Crippen LogP contribution in [0.15, 0.2) is 18.2 Å². The molecule has 0 heterocycles. The summed E-state index contributed by atoms with van der Waals surface area (Å²) in [5.41, 5.74) is 2.64. The summed E-state index contributed by atoms with van der Waals surface area (Å²) in [5.74, 6) is 2.75. The molecule has 0 spiro atoms. The van der Waals surface area contributed by atoms with E-state index in [-0.39, 0.29) is 12.2 Å². The predicted molar refractivity (Wildman–Crippen MR) is 87.9 cm³/mol. The standard InChI is InChI=1S/C19H30O2/c1-12(2)15-6-9-18(20)19(11-15)21-16-7-8-17(13(3)4)14(5)10-16/h7-8,10,12-13,15,18-20H,6,9,11H2,1-5H3. The van der Waals surface area contributed by atoms with Gasteiger partial charge in [0, 0.05) is 0 Å². The highest BCUT2D eigenvalue weighted by Gasteiger charge is 2.32. The van der Waals surface area contributed by atoms with Crippen LogP contribution >= 0.6 is 0 Å². The van der Waals surface area contributed by atoms with Crippen LogP contribution in [0.25, 0.3) is 0 Å². The highest BCUT2D eigenvalue weighted by Crippen LogP contribution is 2.33. The van der Waals surface area contributed by atoms with Crippen LogP contribution in [0.1, 0.15) is 64.0 Å². The Kier molecular flexibility index (Phi) is 5.32. The van der Waals surface area contributed by atoms with E-state index in [9.17, 15) is 5.11 Å². The lowest BCUT2D eigenvalue weighted by Crippen LogP contribution is -2.39. The zero-order chi connectivity index (χ0) is 15.6. The van der Waals surface area contributed by atoms with Crippen molar-refractivity contribution in [2.75, 3.05) is 0 Å². The topological polar surface area (TPSA) is 29.5 Å². The van der Waals surface area contributed by atoms with E-state index in [2.05, 4.69) is 46.8 Å². The van der Waals surface area contributed by atoms with Gasteiger partial charge in [0.2, 0.25) is 0 Å². The summed E-state index contributed by atoms with van der Waals surface area (Å²) in [7, 11) is 0. The molecule has 1 N–H and O–H groups in total. The molecule has 0 bridgehead atoms. The molecule has 118 valence electrons. The summed E-state index contributed by atoms with van der Waals surface area (Å²) in [6.45, 7) is 11.1. The molecule has 2 heteroatoms. The third kappa shape index (κ3) is 4.00. The Balaban J connectivity index is 2.07. The molecule has 3 atom stereocenters. The van der Waals surface area contributed by atoms with Crippen molar-refractivity contribution in [3.63, 3.8) is 0 Å². The maximum Gasteiger partial charge on any atom is 0.125 e. The van der Waals surface area contributed by atoms with Gasteiger partial charge < -0.3 is 9.84 Å². The summed E-state index contributed by atoms with van der Waals surface area (Å²) in [6, 6.07) is 6.32. The fourth-order valence-corrected chi connectivity index (χ4v) is 3.42. The fourth-order valence-electron chi connectivity index (χ4n) is 3.42. The molecule has 2 rings (SSSR count). The number of ether oxygens (including phenoxy) is 1. The summed E-state index contributed by atoms with van der Waals surface area (Å²) in [4.78, 5) is 0. The molecule has 1 aromatic rings. The first-order valence-electron chi connectivity index (χ1n) is 8.33. The van der Waals surface area contributed by atoms with Crippen LogP contribution in [0.2, 0.25) is 0 Å². The first kappa shape index (κ1) is 16.4.